The first kappa shape index (κ1) is 14.4. The average Bonchev–Trinajstić information content (AvgIpc) is 2.29. The molecule has 0 N–H and O–H groups in total. The van der Waals surface area contributed by atoms with Crippen LogP contribution in [0.25, 0.3) is 0 Å². The molecule has 16 heavy (non-hydrogen) atoms. The van der Waals surface area contributed by atoms with Gasteiger partial charge in [-0.15, -0.1) is 0 Å². The summed E-state index contributed by atoms with van der Waals surface area (Å²) in [6.07, 6.45) is 11.2. The highest BCUT2D eigenvalue weighted by molar-refractivity contribution is 7.80. The van der Waals surface area contributed by atoms with E-state index < -0.39 is 0 Å². The molecule has 0 radical (unpaired) electrons. The third-order valence-corrected chi connectivity index (χ3v) is 4.37. The van der Waals surface area contributed by atoms with E-state index in [9.17, 15) is 0 Å². The minimum absolute atomic E-state index is 0.860. The van der Waals surface area contributed by atoms with E-state index in [4.69, 9.17) is 0 Å². The topological polar surface area (TPSA) is 3.24 Å². The zero-order valence-corrected chi connectivity index (χ0v) is 12.0. The Morgan fingerprint density at radius 2 is 1.75 bits per heavy atom. The van der Waals surface area contributed by atoms with Gasteiger partial charge >= 0.3 is 0 Å². The van der Waals surface area contributed by atoms with Crippen LogP contribution in [-0.4, -0.2) is 30.3 Å². The Kier molecular flexibility index (Phi) is 7.55. The summed E-state index contributed by atoms with van der Waals surface area (Å²) in [5.41, 5.74) is 0. The first-order valence-corrected chi connectivity index (χ1v) is 7.70. The van der Waals surface area contributed by atoms with Crippen molar-refractivity contribution in [2.45, 2.75) is 64.3 Å². The van der Waals surface area contributed by atoms with Crippen molar-refractivity contribution in [2.75, 3.05) is 19.3 Å². The molecule has 0 heterocycles. The van der Waals surface area contributed by atoms with Crippen molar-refractivity contribution in [3.63, 3.8) is 0 Å². The molecule has 0 amide bonds. The van der Waals surface area contributed by atoms with Crippen LogP contribution in [0.2, 0.25) is 0 Å². The summed E-state index contributed by atoms with van der Waals surface area (Å²) < 4.78 is 0. The zero-order valence-electron chi connectivity index (χ0n) is 11.1. The molecule has 2 unspecified atom stereocenters. The van der Waals surface area contributed by atoms with Crippen molar-refractivity contribution in [3.8, 4) is 0 Å². The van der Waals surface area contributed by atoms with Gasteiger partial charge in [0.15, 0.2) is 0 Å². The lowest BCUT2D eigenvalue weighted by molar-refractivity contribution is 0.137. The van der Waals surface area contributed by atoms with Crippen LogP contribution in [0.1, 0.15) is 58.3 Å². The molecule has 0 spiro atoms. The van der Waals surface area contributed by atoms with Gasteiger partial charge in [-0.2, -0.15) is 12.6 Å². The number of hydrogen-bond acceptors (Lipinski definition) is 2. The highest BCUT2D eigenvalue weighted by Gasteiger charge is 2.24. The first-order valence-electron chi connectivity index (χ1n) is 7.07. The molecule has 0 aliphatic heterocycles. The number of nitrogens with zero attached hydrogens (tertiary/aromatic N) is 1. The lowest BCUT2D eigenvalue weighted by atomic mass is 9.85. The third-order valence-electron chi connectivity index (χ3n) is 4.05. The molecule has 0 aromatic heterocycles. The van der Waals surface area contributed by atoms with Gasteiger partial charge in [-0.1, -0.05) is 32.6 Å². The number of thiol groups is 1. The summed E-state index contributed by atoms with van der Waals surface area (Å²) in [5, 5.41) is 0. The van der Waals surface area contributed by atoms with Crippen molar-refractivity contribution < 1.29 is 0 Å². The number of hydrogen-bond donors (Lipinski definition) is 1. The van der Waals surface area contributed by atoms with E-state index in [-0.39, 0.29) is 0 Å². The summed E-state index contributed by atoms with van der Waals surface area (Å²) >= 11 is 4.25. The van der Waals surface area contributed by atoms with Crippen molar-refractivity contribution in [1.29, 1.82) is 0 Å². The Labute approximate surface area is 107 Å². The highest BCUT2D eigenvalue weighted by Crippen LogP contribution is 2.27. The predicted octanol–water partition coefficient (Wildman–Crippen LogP) is 3.99. The fraction of sp³-hybridized carbons (Fsp3) is 1.00. The molecule has 96 valence electrons. The molecule has 1 fully saturated rings. The molecule has 0 bridgehead atoms. The van der Waals surface area contributed by atoms with Gasteiger partial charge in [0.05, 0.1) is 0 Å². The van der Waals surface area contributed by atoms with Gasteiger partial charge in [-0.25, -0.2) is 0 Å². The molecule has 0 aromatic carbocycles. The first-order chi connectivity index (χ1) is 7.75. The number of rotatable bonds is 7. The van der Waals surface area contributed by atoms with Crippen LogP contribution >= 0.6 is 12.6 Å². The Bertz CT molecular complexity index is 172. The van der Waals surface area contributed by atoms with E-state index in [1.54, 1.807) is 0 Å². The largest absolute Gasteiger partial charge is 0.303 e. The minimum atomic E-state index is 0.860. The van der Waals surface area contributed by atoms with Gasteiger partial charge in [0.2, 0.25) is 0 Å². The highest BCUT2D eigenvalue weighted by atomic mass is 32.1. The van der Waals surface area contributed by atoms with E-state index in [1.807, 2.05) is 0 Å². The second-order valence-corrected chi connectivity index (χ2v) is 5.89. The summed E-state index contributed by atoms with van der Waals surface area (Å²) in [4.78, 5) is 2.62. The van der Waals surface area contributed by atoms with Crippen molar-refractivity contribution in [1.82, 2.24) is 4.90 Å². The molecule has 1 nitrogen and oxygen atoms in total. The second-order valence-electron chi connectivity index (χ2n) is 5.45. The van der Waals surface area contributed by atoms with Crippen LogP contribution in [0, 0.1) is 5.92 Å². The monoisotopic (exact) mass is 243 g/mol. The summed E-state index contributed by atoms with van der Waals surface area (Å²) in [5.74, 6) is 1.96. The molecule has 0 saturated heterocycles. The number of unbranched alkanes of at least 4 members (excludes halogenated alkanes) is 3. The van der Waals surface area contributed by atoms with Crippen LogP contribution in [-0.2, 0) is 0 Å². The van der Waals surface area contributed by atoms with Crippen LogP contribution in [0.4, 0.5) is 0 Å². The SMILES string of the molecule is CC1CCCCC1N(C)CCCCCCS. The van der Waals surface area contributed by atoms with E-state index in [2.05, 4.69) is 31.5 Å². The van der Waals surface area contributed by atoms with Crippen molar-refractivity contribution in [3.05, 3.63) is 0 Å². The maximum atomic E-state index is 4.25. The summed E-state index contributed by atoms with van der Waals surface area (Å²) in [6, 6.07) is 0.860. The standard InChI is InChI=1S/C14H29NS/c1-13-9-5-6-10-14(13)15(2)11-7-3-4-8-12-16/h13-14,16H,3-12H2,1-2H3. The van der Waals surface area contributed by atoms with E-state index in [0.29, 0.717) is 0 Å². The zero-order chi connectivity index (χ0) is 11.8. The summed E-state index contributed by atoms with van der Waals surface area (Å²) in [6.45, 7) is 3.73. The van der Waals surface area contributed by atoms with Crippen LogP contribution in [0.5, 0.6) is 0 Å². The van der Waals surface area contributed by atoms with Gasteiger partial charge < -0.3 is 4.90 Å². The molecular weight excluding hydrogens is 214 g/mol. The molecular formula is C14H29NS. The normalized spacial score (nSPS) is 26.2. The molecule has 2 heteroatoms. The van der Waals surface area contributed by atoms with Gasteiger partial charge in [0, 0.05) is 6.04 Å². The molecule has 1 aliphatic carbocycles. The lowest BCUT2D eigenvalue weighted by Crippen LogP contribution is -2.39. The maximum Gasteiger partial charge on any atom is 0.0118 e. The molecule has 2 atom stereocenters. The Balaban J connectivity index is 2.10. The smallest absolute Gasteiger partial charge is 0.0118 e. The molecule has 0 aromatic rings. The Morgan fingerprint density at radius 1 is 1.06 bits per heavy atom. The fourth-order valence-corrected chi connectivity index (χ4v) is 3.17. The van der Waals surface area contributed by atoms with Gasteiger partial charge in [-0.05, 0) is 50.9 Å². The minimum Gasteiger partial charge on any atom is -0.303 e. The van der Waals surface area contributed by atoms with Crippen molar-refractivity contribution >= 4 is 12.6 Å². The van der Waals surface area contributed by atoms with E-state index in [0.717, 1.165) is 17.7 Å². The predicted molar refractivity (Wildman–Crippen MR) is 76.4 cm³/mol. The molecule has 1 aliphatic rings. The van der Waals surface area contributed by atoms with E-state index >= 15 is 0 Å². The maximum absolute atomic E-state index is 4.25. The lowest BCUT2D eigenvalue weighted by Gasteiger charge is -2.36. The van der Waals surface area contributed by atoms with Gasteiger partial charge in [-0.3, -0.25) is 0 Å². The Hall–Kier alpha value is 0.310. The quantitative estimate of drug-likeness (QED) is 0.523. The second kappa shape index (κ2) is 8.41. The van der Waals surface area contributed by atoms with Gasteiger partial charge in [0.25, 0.3) is 0 Å². The van der Waals surface area contributed by atoms with Crippen LogP contribution in [0.15, 0.2) is 0 Å². The van der Waals surface area contributed by atoms with Crippen molar-refractivity contribution in [2.24, 2.45) is 5.92 Å². The fourth-order valence-electron chi connectivity index (χ4n) is 2.94. The third kappa shape index (κ3) is 5.09. The average molecular weight is 243 g/mol. The van der Waals surface area contributed by atoms with E-state index in [1.165, 1.54) is 57.9 Å². The van der Waals surface area contributed by atoms with Crippen LogP contribution < -0.4 is 0 Å². The molecule has 1 rings (SSSR count). The summed E-state index contributed by atoms with van der Waals surface area (Å²) in [7, 11) is 2.32. The van der Waals surface area contributed by atoms with Gasteiger partial charge in [0.1, 0.15) is 0 Å². The Morgan fingerprint density at radius 3 is 2.44 bits per heavy atom. The van der Waals surface area contributed by atoms with Crippen LogP contribution in [0.3, 0.4) is 0 Å². The molecule has 1 saturated carbocycles.